The number of aryl methyl sites for hydroxylation is 2. The maximum absolute atomic E-state index is 12.9. The molecule has 0 bridgehead atoms. The SMILES string of the molecule is Cc1cc(S(=O)(=O)N2CCN(CCc3ccc([N+](=O)[O-])cc3)CC2)c(C)s1. The number of hydrogen-bond acceptors (Lipinski definition) is 6. The molecule has 0 radical (unpaired) electrons. The van der Waals surface area contributed by atoms with Gasteiger partial charge in [-0.05, 0) is 31.9 Å². The molecule has 2 heterocycles. The Morgan fingerprint density at radius 2 is 1.74 bits per heavy atom. The van der Waals surface area contributed by atoms with Crippen LogP contribution in [0.5, 0.6) is 0 Å². The Morgan fingerprint density at radius 1 is 1.11 bits per heavy atom. The molecule has 0 spiro atoms. The van der Waals surface area contributed by atoms with Crippen molar-refractivity contribution in [1.82, 2.24) is 9.21 Å². The highest BCUT2D eigenvalue weighted by Crippen LogP contribution is 2.28. The Kier molecular flexibility index (Phi) is 5.95. The molecule has 0 atom stereocenters. The highest BCUT2D eigenvalue weighted by Gasteiger charge is 2.30. The van der Waals surface area contributed by atoms with Gasteiger partial charge in [-0.25, -0.2) is 8.42 Å². The Morgan fingerprint density at radius 3 is 2.26 bits per heavy atom. The molecular weight excluding hydrogens is 386 g/mol. The summed E-state index contributed by atoms with van der Waals surface area (Å²) in [6, 6.07) is 8.35. The van der Waals surface area contributed by atoms with Crippen LogP contribution < -0.4 is 0 Å². The van der Waals surface area contributed by atoms with Gasteiger partial charge in [0.05, 0.1) is 9.82 Å². The molecule has 1 aliphatic heterocycles. The van der Waals surface area contributed by atoms with Crippen molar-refractivity contribution in [3.63, 3.8) is 0 Å². The van der Waals surface area contributed by atoms with E-state index in [1.807, 2.05) is 13.8 Å². The van der Waals surface area contributed by atoms with E-state index in [1.54, 1.807) is 22.5 Å². The molecule has 1 aromatic heterocycles. The van der Waals surface area contributed by atoms with Crippen molar-refractivity contribution < 1.29 is 13.3 Å². The molecule has 1 saturated heterocycles. The van der Waals surface area contributed by atoms with Gasteiger partial charge in [-0.2, -0.15) is 4.31 Å². The van der Waals surface area contributed by atoms with Crippen molar-refractivity contribution >= 4 is 27.0 Å². The van der Waals surface area contributed by atoms with E-state index in [0.29, 0.717) is 31.1 Å². The van der Waals surface area contributed by atoms with Crippen molar-refractivity contribution in [3.05, 3.63) is 55.8 Å². The summed E-state index contributed by atoms with van der Waals surface area (Å²) in [6.45, 7) is 6.93. The molecule has 0 unspecified atom stereocenters. The van der Waals surface area contributed by atoms with Crippen LogP contribution in [0.2, 0.25) is 0 Å². The van der Waals surface area contributed by atoms with E-state index in [0.717, 1.165) is 28.3 Å². The number of hydrogen-bond donors (Lipinski definition) is 0. The molecule has 3 rings (SSSR count). The molecule has 146 valence electrons. The first kappa shape index (κ1) is 19.9. The zero-order valence-corrected chi connectivity index (χ0v) is 17.1. The van der Waals surface area contributed by atoms with Crippen LogP contribution in [0.1, 0.15) is 15.3 Å². The third kappa shape index (κ3) is 4.55. The van der Waals surface area contributed by atoms with E-state index in [1.165, 1.54) is 23.5 Å². The summed E-state index contributed by atoms with van der Waals surface area (Å²) < 4.78 is 27.3. The topological polar surface area (TPSA) is 83.8 Å². The average molecular weight is 410 g/mol. The molecule has 1 fully saturated rings. The number of thiophene rings is 1. The minimum atomic E-state index is -3.42. The van der Waals surface area contributed by atoms with Crippen LogP contribution in [0.15, 0.2) is 35.2 Å². The number of rotatable bonds is 6. The van der Waals surface area contributed by atoms with Crippen LogP contribution in [-0.2, 0) is 16.4 Å². The zero-order valence-electron chi connectivity index (χ0n) is 15.4. The molecule has 7 nitrogen and oxygen atoms in total. The van der Waals surface area contributed by atoms with E-state index in [9.17, 15) is 18.5 Å². The first-order chi connectivity index (χ1) is 12.8. The van der Waals surface area contributed by atoms with Gasteiger partial charge >= 0.3 is 0 Å². The second kappa shape index (κ2) is 8.05. The van der Waals surface area contributed by atoms with E-state index >= 15 is 0 Å². The summed E-state index contributed by atoms with van der Waals surface area (Å²) in [5.74, 6) is 0. The quantitative estimate of drug-likeness (QED) is 0.541. The lowest BCUT2D eigenvalue weighted by atomic mass is 10.1. The van der Waals surface area contributed by atoms with Gasteiger partial charge in [0, 0.05) is 54.6 Å². The minimum Gasteiger partial charge on any atom is -0.300 e. The number of benzene rings is 1. The van der Waals surface area contributed by atoms with Gasteiger partial charge in [-0.15, -0.1) is 11.3 Å². The fraction of sp³-hybridized carbons (Fsp3) is 0.444. The third-order valence-corrected chi connectivity index (χ3v) is 7.93. The van der Waals surface area contributed by atoms with Crippen molar-refractivity contribution in [2.24, 2.45) is 0 Å². The van der Waals surface area contributed by atoms with E-state index in [4.69, 9.17) is 0 Å². The van der Waals surface area contributed by atoms with E-state index in [2.05, 4.69) is 4.90 Å². The third-order valence-electron chi connectivity index (χ3n) is 4.81. The second-order valence-electron chi connectivity index (χ2n) is 6.70. The standard InChI is InChI=1S/C18H23N3O4S2/c1-14-13-18(15(2)26-14)27(24,25)20-11-9-19(10-12-20)8-7-16-3-5-17(6-4-16)21(22)23/h3-6,13H,7-12H2,1-2H3. The predicted octanol–water partition coefficient (Wildman–Crippen LogP) is 2.82. The predicted molar refractivity (Wildman–Crippen MR) is 106 cm³/mol. The molecule has 1 aliphatic rings. The van der Waals surface area contributed by atoms with Gasteiger partial charge in [-0.3, -0.25) is 10.1 Å². The van der Waals surface area contributed by atoms with Crippen LogP contribution in [0.25, 0.3) is 0 Å². The maximum atomic E-state index is 12.9. The summed E-state index contributed by atoms with van der Waals surface area (Å²) in [4.78, 5) is 14.8. The summed E-state index contributed by atoms with van der Waals surface area (Å²) in [6.07, 6.45) is 0.785. The average Bonchev–Trinajstić information content (AvgIpc) is 2.99. The second-order valence-corrected chi connectivity index (χ2v) is 10.1. The summed E-state index contributed by atoms with van der Waals surface area (Å²) >= 11 is 1.51. The van der Waals surface area contributed by atoms with Crippen molar-refractivity contribution in [1.29, 1.82) is 0 Å². The Hall–Kier alpha value is -1.81. The monoisotopic (exact) mass is 409 g/mol. The lowest BCUT2D eigenvalue weighted by Gasteiger charge is -2.34. The number of nitro groups is 1. The van der Waals surface area contributed by atoms with Crippen molar-refractivity contribution in [2.45, 2.75) is 25.2 Å². The fourth-order valence-electron chi connectivity index (χ4n) is 3.27. The number of sulfonamides is 1. The first-order valence-electron chi connectivity index (χ1n) is 8.80. The fourth-order valence-corrected chi connectivity index (χ4v) is 6.21. The van der Waals surface area contributed by atoms with Gasteiger partial charge in [0.15, 0.2) is 0 Å². The molecular formula is C18H23N3O4S2. The van der Waals surface area contributed by atoms with E-state index < -0.39 is 14.9 Å². The molecule has 2 aromatic rings. The Balaban J connectivity index is 1.54. The number of piperazine rings is 1. The normalized spacial score (nSPS) is 16.5. The van der Waals surface area contributed by atoms with Crippen LogP contribution in [0.3, 0.4) is 0 Å². The number of nitrogens with zero attached hydrogens (tertiary/aromatic N) is 3. The van der Waals surface area contributed by atoms with Gasteiger partial charge < -0.3 is 4.90 Å². The highest BCUT2D eigenvalue weighted by molar-refractivity contribution is 7.89. The van der Waals surface area contributed by atoms with Crippen molar-refractivity contribution in [2.75, 3.05) is 32.7 Å². The first-order valence-corrected chi connectivity index (χ1v) is 11.1. The van der Waals surface area contributed by atoms with Gasteiger partial charge in [-0.1, -0.05) is 12.1 Å². The molecule has 0 saturated carbocycles. The van der Waals surface area contributed by atoms with Gasteiger partial charge in [0.2, 0.25) is 10.0 Å². The molecule has 1 aromatic carbocycles. The van der Waals surface area contributed by atoms with Crippen LogP contribution >= 0.6 is 11.3 Å². The largest absolute Gasteiger partial charge is 0.300 e. The zero-order chi connectivity index (χ0) is 19.6. The molecule has 9 heteroatoms. The molecule has 0 N–H and O–H groups in total. The number of nitro benzene ring substituents is 1. The highest BCUT2D eigenvalue weighted by atomic mass is 32.2. The smallest absolute Gasteiger partial charge is 0.269 e. The maximum Gasteiger partial charge on any atom is 0.269 e. The van der Waals surface area contributed by atoms with Gasteiger partial charge in [0.1, 0.15) is 0 Å². The van der Waals surface area contributed by atoms with Crippen LogP contribution in [-0.4, -0.2) is 55.3 Å². The summed E-state index contributed by atoms with van der Waals surface area (Å²) in [5, 5.41) is 10.7. The van der Waals surface area contributed by atoms with E-state index in [-0.39, 0.29) is 5.69 Å². The number of non-ortho nitro benzene ring substituents is 1. The van der Waals surface area contributed by atoms with Crippen LogP contribution in [0.4, 0.5) is 5.69 Å². The Labute approximate surface area is 163 Å². The van der Waals surface area contributed by atoms with Crippen molar-refractivity contribution in [3.8, 4) is 0 Å². The summed E-state index contributed by atoms with van der Waals surface area (Å²) in [7, 11) is -3.42. The molecule has 27 heavy (non-hydrogen) atoms. The molecule has 0 amide bonds. The lowest BCUT2D eigenvalue weighted by Crippen LogP contribution is -2.49. The minimum absolute atomic E-state index is 0.0940. The Bertz CT molecular complexity index is 915. The van der Waals surface area contributed by atoms with Crippen LogP contribution in [0, 0.1) is 24.0 Å². The van der Waals surface area contributed by atoms with Gasteiger partial charge in [0.25, 0.3) is 5.69 Å². The molecule has 0 aliphatic carbocycles. The summed E-state index contributed by atoms with van der Waals surface area (Å²) in [5.41, 5.74) is 1.14. The lowest BCUT2D eigenvalue weighted by molar-refractivity contribution is -0.384.